The summed E-state index contributed by atoms with van der Waals surface area (Å²) in [5.41, 5.74) is 4.22. The molecule has 7 nitrogen and oxygen atoms in total. The fourth-order valence-electron chi connectivity index (χ4n) is 5.31. The van der Waals surface area contributed by atoms with Crippen LogP contribution in [0.25, 0.3) is 0 Å². The number of aryl methyl sites for hydroxylation is 2. The number of hydrogen-bond acceptors (Lipinski definition) is 4. The van der Waals surface area contributed by atoms with Crippen molar-refractivity contribution in [3.63, 3.8) is 0 Å². The highest BCUT2D eigenvalue weighted by Gasteiger charge is 2.37. The molecule has 1 amide bonds. The molecule has 1 aromatic rings. The molecule has 0 unspecified atom stereocenters. The molecule has 2 atom stereocenters. The summed E-state index contributed by atoms with van der Waals surface area (Å²) in [6, 6.07) is 5.88. The first kappa shape index (κ1) is 25.1. The average Bonchev–Trinajstić information content (AvgIpc) is 2.73. The van der Waals surface area contributed by atoms with Gasteiger partial charge >= 0.3 is 0 Å². The van der Waals surface area contributed by atoms with Gasteiger partial charge in [0.15, 0.2) is 0 Å². The van der Waals surface area contributed by atoms with E-state index in [0.29, 0.717) is 25.5 Å². The molecular formula is C24H39N3O4S. The quantitative estimate of drug-likeness (QED) is 0.671. The van der Waals surface area contributed by atoms with Crippen molar-refractivity contribution in [1.82, 2.24) is 13.9 Å². The molecule has 1 N–H and O–H groups in total. The van der Waals surface area contributed by atoms with E-state index in [1.54, 1.807) is 11.8 Å². The highest BCUT2D eigenvalue weighted by Crippen LogP contribution is 2.37. The molecule has 1 saturated carbocycles. The maximum Gasteiger partial charge on any atom is 0.279 e. The number of benzene rings is 1. The number of nitrogens with zero attached hydrogens (tertiary/aromatic N) is 2. The molecular weight excluding hydrogens is 426 g/mol. The Morgan fingerprint density at radius 2 is 1.75 bits per heavy atom. The van der Waals surface area contributed by atoms with Crippen LogP contribution in [0, 0.1) is 13.8 Å². The van der Waals surface area contributed by atoms with Crippen LogP contribution in [0.1, 0.15) is 68.1 Å². The van der Waals surface area contributed by atoms with E-state index in [9.17, 15) is 13.2 Å². The Balaban J connectivity index is 1.62. The van der Waals surface area contributed by atoms with Gasteiger partial charge in [-0.2, -0.15) is 17.4 Å². The largest absolute Gasteiger partial charge is 0.376 e. The van der Waals surface area contributed by atoms with Crippen LogP contribution in [-0.4, -0.2) is 69.0 Å². The number of amides is 1. The Morgan fingerprint density at radius 1 is 1.12 bits per heavy atom. The number of nitrogens with one attached hydrogen (secondary N) is 1. The normalized spacial score (nSPS) is 27.0. The summed E-state index contributed by atoms with van der Waals surface area (Å²) in [5, 5.41) is 0. The Kier molecular flexibility index (Phi) is 8.36. The lowest BCUT2D eigenvalue weighted by Crippen LogP contribution is -2.59. The SMILES string of the molecule is CC(=O)N1CCC[C@H](NS(=O)(=O)N(C)C)[C@@H]1COC1CCC(c2c(C)cccc2C)CC1. The number of rotatable bonds is 7. The van der Waals surface area contributed by atoms with Crippen molar-refractivity contribution in [2.24, 2.45) is 0 Å². The Hall–Kier alpha value is -1.48. The molecule has 1 saturated heterocycles. The second-order valence-corrected chi connectivity index (χ2v) is 11.5. The van der Waals surface area contributed by atoms with Crippen molar-refractivity contribution in [1.29, 1.82) is 0 Å². The van der Waals surface area contributed by atoms with E-state index in [1.165, 1.54) is 35.1 Å². The number of hydrogen-bond donors (Lipinski definition) is 1. The molecule has 1 aliphatic heterocycles. The summed E-state index contributed by atoms with van der Waals surface area (Å²) < 4.78 is 35.1. The van der Waals surface area contributed by atoms with Gasteiger partial charge in [0, 0.05) is 33.6 Å². The van der Waals surface area contributed by atoms with E-state index in [1.807, 2.05) is 0 Å². The number of piperidine rings is 1. The van der Waals surface area contributed by atoms with Gasteiger partial charge in [-0.3, -0.25) is 4.79 Å². The molecule has 8 heteroatoms. The summed E-state index contributed by atoms with van der Waals surface area (Å²) in [5.74, 6) is 0.533. The van der Waals surface area contributed by atoms with Crippen LogP contribution in [0.2, 0.25) is 0 Å². The third-order valence-corrected chi connectivity index (χ3v) is 8.65. The third-order valence-electron chi connectivity index (χ3n) is 7.09. The Labute approximate surface area is 193 Å². The number of likely N-dealkylation sites (tertiary alicyclic amines) is 1. The second-order valence-electron chi connectivity index (χ2n) is 9.55. The van der Waals surface area contributed by atoms with Crippen LogP contribution in [-0.2, 0) is 19.7 Å². The van der Waals surface area contributed by atoms with Crippen molar-refractivity contribution in [3.8, 4) is 0 Å². The van der Waals surface area contributed by atoms with E-state index in [2.05, 4.69) is 36.8 Å². The maximum atomic E-state index is 12.4. The molecule has 2 fully saturated rings. The molecule has 1 aromatic carbocycles. The van der Waals surface area contributed by atoms with Crippen molar-refractivity contribution in [2.75, 3.05) is 27.2 Å². The van der Waals surface area contributed by atoms with Crippen molar-refractivity contribution in [2.45, 2.75) is 83.4 Å². The topological polar surface area (TPSA) is 79.0 Å². The lowest BCUT2D eigenvalue weighted by Gasteiger charge is -2.42. The van der Waals surface area contributed by atoms with Crippen LogP contribution in [0.5, 0.6) is 0 Å². The molecule has 0 aromatic heterocycles. The smallest absolute Gasteiger partial charge is 0.279 e. The van der Waals surface area contributed by atoms with Crippen LogP contribution >= 0.6 is 0 Å². The summed E-state index contributed by atoms with van der Waals surface area (Å²) in [6.45, 7) is 6.94. The zero-order chi connectivity index (χ0) is 23.5. The lowest BCUT2D eigenvalue weighted by molar-refractivity contribution is -0.136. The first-order valence-corrected chi connectivity index (χ1v) is 13.2. The van der Waals surface area contributed by atoms with Crippen LogP contribution in [0.4, 0.5) is 0 Å². The molecule has 3 rings (SSSR count). The predicted molar refractivity (Wildman–Crippen MR) is 127 cm³/mol. The highest BCUT2D eigenvalue weighted by molar-refractivity contribution is 7.87. The lowest BCUT2D eigenvalue weighted by atomic mass is 9.79. The molecule has 0 spiro atoms. The van der Waals surface area contributed by atoms with Crippen LogP contribution < -0.4 is 4.72 Å². The fourth-order valence-corrected chi connectivity index (χ4v) is 6.18. The van der Waals surface area contributed by atoms with Gasteiger partial charge in [-0.1, -0.05) is 18.2 Å². The fraction of sp³-hybridized carbons (Fsp3) is 0.708. The first-order valence-electron chi connectivity index (χ1n) is 11.7. The number of carbonyl (C=O) groups excluding carboxylic acids is 1. The molecule has 0 radical (unpaired) electrons. The van der Waals surface area contributed by atoms with Crippen molar-refractivity contribution in [3.05, 3.63) is 34.9 Å². The minimum atomic E-state index is -3.58. The predicted octanol–water partition coefficient (Wildman–Crippen LogP) is 3.12. The zero-order valence-electron chi connectivity index (χ0n) is 20.1. The van der Waals surface area contributed by atoms with E-state index in [-0.39, 0.29) is 24.1 Å². The van der Waals surface area contributed by atoms with Gasteiger partial charge in [-0.25, -0.2) is 0 Å². The van der Waals surface area contributed by atoms with E-state index >= 15 is 0 Å². The molecule has 180 valence electrons. The van der Waals surface area contributed by atoms with Crippen LogP contribution in [0.3, 0.4) is 0 Å². The molecule has 2 aliphatic rings. The second kappa shape index (κ2) is 10.6. The van der Waals surface area contributed by atoms with Gasteiger partial charge in [0.25, 0.3) is 10.2 Å². The van der Waals surface area contributed by atoms with Crippen molar-refractivity contribution < 1.29 is 17.9 Å². The van der Waals surface area contributed by atoms with Gasteiger partial charge < -0.3 is 9.64 Å². The van der Waals surface area contributed by atoms with E-state index in [0.717, 1.165) is 32.1 Å². The van der Waals surface area contributed by atoms with Gasteiger partial charge in [0.05, 0.1) is 18.8 Å². The standard InChI is InChI=1S/C24H39N3O4S/c1-17-8-6-9-18(2)24(17)20-11-13-21(14-12-20)31-16-23-22(25-32(29,30)26(4)5)10-7-15-27(23)19(3)28/h6,8-9,20-23,25H,7,10-16H2,1-5H3/t20?,21?,22-,23-/m0/s1. The number of ether oxygens (including phenoxy) is 1. The highest BCUT2D eigenvalue weighted by atomic mass is 32.2. The molecule has 32 heavy (non-hydrogen) atoms. The summed E-state index contributed by atoms with van der Waals surface area (Å²) in [6.07, 6.45) is 5.78. The van der Waals surface area contributed by atoms with Gasteiger partial charge in [0.2, 0.25) is 5.91 Å². The maximum absolute atomic E-state index is 12.4. The number of carbonyl (C=O) groups is 1. The molecule has 1 aliphatic carbocycles. The minimum absolute atomic E-state index is 0.0360. The monoisotopic (exact) mass is 465 g/mol. The minimum Gasteiger partial charge on any atom is -0.376 e. The van der Waals surface area contributed by atoms with Crippen LogP contribution in [0.15, 0.2) is 18.2 Å². The summed E-state index contributed by atoms with van der Waals surface area (Å²) in [7, 11) is -0.563. The average molecular weight is 466 g/mol. The van der Waals surface area contributed by atoms with E-state index < -0.39 is 10.2 Å². The summed E-state index contributed by atoms with van der Waals surface area (Å²) in [4.78, 5) is 14.0. The summed E-state index contributed by atoms with van der Waals surface area (Å²) >= 11 is 0. The third kappa shape index (κ3) is 5.90. The van der Waals surface area contributed by atoms with Crippen molar-refractivity contribution >= 4 is 16.1 Å². The Bertz CT molecular complexity index is 874. The molecule has 1 heterocycles. The molecule has 0 bridgehead atoms. The Morgan fingerprint density at radius 3 is 2.31 bits per heavy atom. The van der Waals surface area contributed by atoms with Gasteiger partial charge in [0.1, 0.15) is 0 Å². The van der Waals surface area contributed by atoms with Gasteiger partial charge in [-0.15, -0.1) is 0 Å². The van der Waals surface area contributed by atoms with Gasteiger partial charge in [-0.05, 0) is 75.0 Å². The zero-order valence-corrected chi connectivity index (χ0v) is 21.0. The first-order chi connectivity index (χ1) is 15.1. The van der Waals surface area contributed by atoms with E-state index in [4.69, 9.17) is 4.74 Å².